The van der Waals surface area contributed by atoms with E-state index >= 15 is 0 Å². The van der Waals surface area contributed by atoms with Crippen molar-refractivity contribution in [2.75, 3.05) is 6.61 Å². The third kappa shape index (κ3) is 3.56. The van der Waals surface area contributed by atoms with Gasteiger partial charge in [0, 0.05) is 6.92 Å². The molecular weight excluding hydrogens is 152 g/mol. The lowest BCUT2D eigenvalue weighted by Gasteiger charge is -2.16. The quantitative estimate of drug-likeness (QED) is 0.477. The van der Waals surface area contributed by atoms with Crippen LogP contribution in [0.15, 0.2) is 12.2 Å². The molecule has 0 radical (unpaired) electrons. The van der Waals surface area contributed by atoms with Gasteiger partial charge < -0.3 is 4.74 Å². The van der Waals surface area contributed by atoms with E-state index in [1.54, 1.807) is 0 Å². The summed E-state index contributed by atoms with van der Waals surface area (Å²) in [6.07, 6.45) is 9.05. The summed E-state index contributed by atoms with van der Waals surface area (Å²) in [6.45, 7) is 2.05. The van der Waals surface area contributed by atoms with E-state index in [1.807, 2.05) is 0 Å². The summed E-state index contributed by atoms with van der Waals surface area (Å²) >= 11 is 0. The first kappa shape index (κ1) is 9.30. The van der Waals surface area contributed by atoms with Crippen LogP contribution in [-0.4, -0.2) is 12.6 Å². The predicted octanol–water partition coefficient (Wildman–Crippen LogP) is 2.30. The van der Waals surface area contributed by atoms with Gasteiger partial charge in [-0.05, 0) is 31.6 Å². The second-order valence-corrected chi connectivity index (χ2v) is 3.28. The van der Waals surface area contributed by atoms with Crippen LogP contribution >= 0.6 is 0 Å². The Morgan fingerprint density at radius 3 is 3.00 bits per heavy atom. The van der Waals surface area contributed by atoms with Crippen LogP contribution in [0.1, 0.15) is 32.6 Å². The molecule has 0 heterocycles. The highest BCUT2D eigenvalue weighted by Crippen LogP contribution is 2.21. The molecule has 0 saturated carbocycles. The van der Waals surface area contributed by atoms with Crippen molar-refractivity contribution >= 4 is 5.97 Å². The highest BCUT2D eigenvalue weighted by atomic mass is 16.5. The number of esters is 1. The Morgan fingerprint density at radius 2 is 2.42 bits per heavy atom. The van der Waals surface area contributed by atoms with Crippen molar-refractivity contribution in [1.82, 2.24) is 0 Å². The Balaban J connectivity index is 2.06. The van der Waals surface area contributed by atoms with Gasteiger partial charge in [0.1, 0.15) is 0 Å². The van der Waals surface area contributed by atoms with Crippen molar-refractivity contribution in [3.05, 3.63) is 12.2 Å². The molecule has 1 atom stereocenters. The number of hydrogen-bond acceptors (Lipinski definition) is 2. The van der Waals surface area contributed by atoms with E-state index in [1.165, 1.54) is 19.8 Å². The van der Waals surface area contributed by atoms with E-state index in [-0.39, 0.29) is 5.97 Å². The van der Waals surface area contributed by atoms with Crippen molar-refractivity contribution in [3.8, 4) is 0 Å². The molecule has 2 heteroatoms. The van der Waals surface area contributed by atoms with Gasteiger partial charge in [-0.1, -0.05) is 12.2 Å². The number of rotatable bonds is 3. The monoisotopic (exact) mass is 168 g/mol. The van der Waals surface area contributed by atoms with Crippen molar-refractivity contribution < 1.29 is 9.53 Å². The van der Waals surface area contributed by atoms with Gasteiger partial charge in [0.15, 0.2) is 0 Å². The van der Waals surface area contributed by atoms with Crippen LogP contribution < -0.4 is 0 Å². The van der Waals surface area contributed by atoms with Crippen LogP contribution in [0.2, 0.25) is 0 Å². The van der Waals surface area contributed by atoms with Gasteiger partial charge in [-0.25, -0.2) is 0 Å². The molecule has 1 aliphatic carbocycles. The van der Waals surface area contributed by atoms with Crippen LogP contribution in [0.3, 0.4) is 0 Å². The summed E-state index contributed by atoms with van der Waals surface area (Å²) < 4.78 is 4.88. The van der Waals surface area contributed by atoms with E-state index in [0.717, 1.165) is 18.8 Å². The van der Waals surface area contributed by atoms with E-state index in [0.29, 0.717) is 6.61 Å². The van der Waals surface area contributed by atoms with E-state index in [2.05, 4.69) is 12.2 Å². The maximum Gasteiger partial charge on any atom is 0.302 e. The Bertz CT molecular complexity index is 173. The molecule has 0 N–H and O–H groups in total. The van der Waals surface area contributed by atoms with Crippen LogP contribution in [0.4, 0.5) is 0 Å². The van der Waals surface area contributed by atoms with Crippen LogP contribution in [-0.2, 0) is 9.53 Å². The highest BCUT2D eigenvalue weighted by Gasteiger charge is 2.09. The summed E-state index contributed by atoms with van der Waals surface area (Å²) in [4.78, 5) is 10.4. The van der Waals surface area contributed by atoms with Crippen molar-refractivity contribution in [2.45, 2.75) is 32.6 Å². The predicted molar refractivity (Wildman–Crippen MR) is 47.7 cm³/mol. The zero-order valence-electron chi connectivity index (χ0n) is 7.58. The molecule has 0 saturated heterocycles. The van der Waals surface area contributed by atoms with Gasteiger partial charge in [-0.3, -0.25) is 4.79 Å². The number of carbonyl (C=O) groups excluding carboxylic acids is 1. The molecule has 0 aliphatic heterocycles. The zero-order chi connectivity index (χ0) is 8.81. The molecule has 0 aromatic rings. The van der Waals surface area contributed by atoms with Gasteiger partial charge in [0.2, 0.25) is 0 Å². The van der Waals surface area contributed by atoms with E-state index in [4.69, 9.17) is 4.74 Å². The summed E-state index contributed by atoms with van der Waals surface area (Å²) in [5.41, 5.74) is 0. The van der Waals surface area contributed by atoms with Crippen molar-refractivity contribution in [2.24, 2.45) is 5.92 Å². The number of ether oxygens (including phenoxy) is 1. The SMILES string of the molecule is CC(=O)OCC[C@H]1CC=CCC1. The molecule has 0 bridgehead atoms. The maximum atomic E-state index is 10.4. The maximum absolute atomic E-state index is 10.4. The van der Waals surface area contributed by atoms with Gasteiger partial charge in [-0.15, -0.1) is 0 Å². The molecule has 1 aliphatic rings. The minimum Gasteiger partial charge on any atom is -0.466 e. The molecular formula is C10H16O2. The normalized spacial score (nSPS) is 22.2. The Hall–Kier alpha value is -0.790. The fraction of sp³-hybridized carbons (Fsp3) is 0.700. The molecule has 12 heavy (non-hydrogen) atoms. The molecule has 0 spiro atoms. The average Bonchev–Trinajstić information content (AvgIpc) is 2.05. The highest BCUT2D eigenvalue weighted by molar-refractivity contribution is 5.65. The van der Waals surface area contributed by atoms with Crippen LogP contribution in [0.5, 0.6) is 0 Å². The van der Waals surface area contributed by atoms with Gasteiger partial charge in [0.05, 0.1) is 6.61 Å². The largest absolute Gasteiger partial charge is 0.466 e. The average molecular weight is 168 g/mol. The minimum absolute atomic E-state index is 0.165. The van der Waals surface area contributed by atoms with Crippen molar-refractivity contribution in [3.63, 3.8) is 0 Å². The smallest absolute Gasteiger partial charge is 0.302 e. The lowest BCUT2D eigenvalue weighted by Crippen LogP contribution is -2.08. The van der Waals surface area contributed by atoms with E-state index < -0.39 is 0 Å². The Labute approximate surface area is 73.6 Å². The first-order valence-electron chi connectivity index (χ1n) is 4.57. The van der Waals surface area contributed by atoms with Crippen molar-refractivity contribution in [1.29, 1.82) is 0 Å². The fourth-order valence-electron chi connectivity index (χ4n) is 1.49. The summed E-state index contributed by atoms with van der Waals surface area (Å²) in [5.74, 6) is 0.565. The Kier molecular flexibility index (Phi) is 3.85. The molecule has 68 valence electrons. The van der Waals surface area contributed by atoms with Crippen LogP contribution in [0, 0.1) is 5.92 Å². The summed E-state index contributed by atoms with van der Waals surface area (Å²) in [6, 6.07) is 0. The summed E-state index contributed by atoms with van der Waals surface area (Å²) in [5, 5.41) is 0. The second kappa shape index (κ2) is 4.96. The first-order valence-corrected chi connectivity index (χ1v) is 4.57. The lowest BCUT2D eigenvalue weighted by atomic mass is 9.92. The van der Waals surface area contributed by atoms with Gasteiger partial charge in [-0.2, -0.15) is 0 Å². The molecule has 0 unspecified atom stereocenters. The minimum atomic E-state index is -0.165. The van der Waals surface area contributed by atoms with E-state index in [9.17, 15) is 4.79 Å². The zero-order valence-corrected chi connectivity index (χ0v) is 7.58. The molecule has 0 fully saturated rings. The second-order valence-electron chi connectivity index (χ2n) is 3.28. The fourth-order valence-corrected chi connectivity index (χ4v) is 1.49. The van der Waals surface area contributed by atoms with Crippen LogP contribution in [0.25, 0.3) is 0 Å². The molecule has 0 aromatic heterocycles. The number of hydrogen-bond donors (Lipinski definition) is 0. The third-order valence-electron chi connectivity index (χ3n) is 2.21. The van der Waals surface area contributed by atoms with Gasteiger partial charge in [0.25, 0.3) is 0 Å². The molecule has 2 nitrogen and oxygen atoms in total. The number of allylic oxidation sites excluding steroid dienone is 2. The number of carbonyl (C=O) groups is 1. The van der Waals surface area contributed by atoms with Gasteiger partial charge >= 0.3 is 5.97 Å². The topological polar surface area (TPSA) is 26.3 Å². The molecule has 0 amide bonds. The first-order chi connectivity index (χ1) is 5.79. The molecule has 0 aromatic carbocycles. The standard InChI is InChI=1S/C10H16O2/c1-9(11)12-8-7-10-5-3-2-4-6-10/h2-3,10H,4-8H2,1H3/t10-/m0/s1. The summed E-state index contributed by atoms with van der Waals surface area (Å²) in [7, 11) is 0. The molecule has 1 rings (SSSR count). The lowest BCUT2D eigenvalue weighted by molar-refractivity contribution is -0.141. The third-order valence-corrected chi connectivity index (χ3v) is 2.21. The Morgan fingerprint density at radius 1 is 1.58 bits per heavy atom.